The molecule has 4 saturated carbocycles. The van der Waals surface area contributed by atoms with Gasteiger partial charge >= 0.3 is 0 Å². The van der Waals surface area contributed by atoms with Crippen LogP contribution in [0.5, 0.6) is 0 Å². The first-order valence-electron chi connectivity index (χ1n) is 8.79. The highest BCUT2D eigenvalue weighted by molar-refractivity contribution is 7.80. The van der Waals surface area contributed by atoms with Crippen LogP contribution in [-0.4, -0.2) is 10.8 Å². The third kappa shape index (κ3) is 3.14. The minimum atomic E-state index is 0.240. The van der Waals surface area contributed by atoms with Crippen LogP contribution in [0.4, 0.5) is 0 Å². The average Bonchev–Trinajstić information content (AvgIpc) is 2.51. The van der Waals surface area contributed by atoms with Crippen LogP contribution in [0.15, 0.2) is 35.4 Å². The van der Waals surface area contributed by atoms with Crippen LogP contribution < -0.4 is 11.2 Å². The van der Waals surface area contributed by atoms with Gasteiger partial charge in [-0.1, -0.05) is 30.3 Å². The predicted molar refractivity (Wildman–Crippen MR) is 98.1 cm³/mol. The molecular formula is C19H25N3S. The quantitative estimate of drug-likeness (QED) is 0.502. The van der Waals surface area contributed by atoms with E-state index in [0.717, 1.165) is 29.9 Å². The Morgan fingerprint density at radius 1 is 1.09 bits per heavy atom. The maximum absolute atomic E-state index is 5.59. The lowest BCUT2D eigenvalue weighted by atomic mass is 9.48. The molecule has 0 saturated heterocycles. The maximum Gasteiger partial charge on any atom is 0.184 e. The first kappa shape index (κ1) is 15.1. The van der Waals surface area contributed by atoms with Gasteiger partial charge in [0.25, 0.3) is 0 Å². The molecule has 23 heavy (non-hydrogen) atoms. The lowest BCUT2D eigenvalue weighted by Gasteiger charge is -2.57. The summed E-state index contributed by atoms with van der Waals surface area (Å²) in [6.07, 6.45) is 9.64. The van der Waals surface area contributed by atoms with E-state index in [4.69, 9.17) is 18.0 Å². The third-order valence-electron chi connectivity index (χ3n) is 6.12. The van der Waals surface area contributed by atoms with Crippen LogP contribution in [0.1, 0.15) is 50.5 Å². The summed E-state index contributed by atoms with van der Waals surface area (Å²) in [7, 11) is 0. The van der Waals surface area contributed by atoms with Gasteiger partial charge in [0.2, 0.25) is 0 Å². The summed E-state index contributed by atoms with van der Waals surface area (Å²) in [6, 6.07) is 10.5. The number of hydrazone groups is 1. The van der Waals surface area contributed by atoms with E-state index < -0.39 is 0 Å². The minimum Gasteiger partial charge on any atom is -0.375 e. The normalized spacial score (nSPS) is 35.3. The van der Waals surface area contributed by atoms with Crippen molar-refractivity contribution < 1.29 is 0 Å². The molecule has 4 heteroatoms. The van der Waals surface area contributed by atoms with E-state index in [0.29, 0.717) is 5.41 Å². The summed E-state index contributed by atoms with van der Waals surface area (Å²) < 4.78 is 0. The molecule has 4 fully saturated rings. The first-order valence-corrected chi connectivity index (χ1v) is 9.20. The number of nitrogens with zero attached hydrogens (tertiary/aromatic N) is 1. The van der Waals surface area contributed by atoms with E-state index in [1.54, 1.807) is 0 Å². The molecule has 0 spiro atoms. The molecule has 0 atom stereocenters. The Morgan fingerprint density at radius 3 is 2.17 bits per heavy atom. The molecule has 3 N–H and O–H groups in total. The number of hydrogen-bond donors (Lipinski definition) is 2. The maximum atomic E-state index is 5.59. The van der Waals surface area contributed by atoms with Gasteiger partial charge in [-0.25, -0.2) is 0 Å². The number of nitrogens with one attached hydrogen (secondary N) is 1. The van der Waals surface area contributed by atoms with E-state index in [-0.39, 0.29) is 5.11 Å². The van der Waals surface area contributed by atoms with Crippen molar-refractivity contribution in [3.63, 3.8) is 0 Å². The second-order valence-corrected chi connectivity index (χ2v) is 8.43. The van der Waals surface area contributed by atoms with Gasteiger partial charge < -0.3 is 5.73 Å². The summed E-state index contributed by atoms with van der Waals surface area (Å²) in [5, 5.41) is 4.81. The SMILES string of the molecule is NC(=S)NN=C(CC12CC3CC(CC(C3)C1)C2)c1ccccc1. The number of hydrogen-bond acceptors (Lipinski definition) is 2. The predicted octanol–water partition coefficient (Wildman–Crippen LogP) is 3.83. The Bertz CT molecular complexity index is 587. The highest BCUT2D eigenvalue weighted by Gasteiger charge is 2.51. The van der Waals surface area contributed by atoms with Gasteiger partial charge in [0.05, 0.1) is 5.71 Å². The van der Waals surface area contributed by atoms with Gasteiger partial charge in [-0.3, -0.25) is 5.43 Å². The zero-order valence-electron chi connectivity index (χ0n) is 13.5. The molecular weight excluding hydrogens is 302 g/mol. The fourth-order valence-corrected chi connectivity index (χ4v) is 5.87. The van der Waals surface area contributed by atoms with Crippen LogP contribution in [0.2, 0.25) is 0 Å². The van der Waals surface area contributed by atoms with Crippen molar-refractivity contribution in [2.75, 3.05) is 0 Å². The molecule has 0 radical (unpaired) electrons. The van der Waals surface area contributed by atoms with Crippen LogP contribution in [0.3, 0.4) is 0 Å². The van der Waals surface area contributed by atoms with Gasteiger partial charge in [-0.05, 0) is 85.9 Å². The average molecular weight is 327 g/mol. The molecule has 0 heterocycles. The third-order valence-corrected chi connectivity index (χ3v) is 6.21. The summed E-state index contributed by atoms with van der Waals surface area (Å²) in [5.41, 5.74) is 11.2. The molecule has 122 valence electrons. The van der Waals surface area contributed by atoms with E-state index in [1.165, 1.54) is 44.1 Å². The Labute approximate surface area is 143 Å². The van der Waals surface area contributed by atoms with E-state index in [2.05, 4.69) is 34.8 Å². The van der Waals surface area contributed by atoms with E-state index in [9.17, 15) is 0 Å². The van der Waals surface area contributed by atoms with Crippen LogP contribution >= 0.6 is 12.2 Å². The number of rotatable bonds is 4. The van der Waals surface area contributed by atoms with Gasteiger partial charge in [-0.15, -0.1) is 0 Å². The van der Waals surface area contributed by atoms with Crippen LogP contribution in [-0.2, 0) is 0 Å². The number of benzene rings is 1. The summed E-state index contributed by atoms with van der Waals surface area (Å²) >= 11 is 4.94. The van der Waals surface area contributed by atoms with Crippen molar-refractivity contribution in [3.05, 3.63) is 35.9 Å². The van der Waals surface area contributed by atoms with Crippen LogP contribution in [0.25, 0.3) is 0 Å². The Kier molecular flexibility index (Phi) is 3.88. The lowest BCUT2D eigenvalue weighted by molar-refractivity contribution is -0.0481. The fourth-order valence-electron chi connectivity index (χ4n) is 5.82. The molecule has 3 nitrogen and oxygen atoms in total. The summed E-state index contributed by atoms with van der Waals surface area (Å²) in [4.78, 5) is 0. The van der Waals surface area contributed by atoms with E-state index in [1.807, 2.05) is 6.07 Å². The van der Waals surface area contributed by atoms with Crippen molar-refractivity contribution in [1.29, 1.82) is 0 Å². The molecule has 5 rings (SSSR count). The minimum absolute atomic E-state index is 0.240. The molecule has 4 aliphatic carbocycles. The standard InChI is InChI=1S/C19H25N3S/c20-18(23)22-21-17(16-4-2-1-3-5-16)12-19-9-13-6-14(10-19)8-15(7-13)11-19/h1-5,13-15H,6-12H2,(H3,20,22,23). The molecule has 4 bridgehead atoms. The fraction of sp³-hybridized carbons (Fsp3) is 0.579. The Balaban J connectivity index is 1.60. The Hall–Kier alpha value is -1.42. The van der Waals surface area contributed by atoms with Gasteiger partial charge in [0.15, 0.2) is 5.11 Å². The summed E-state index contributed by atoms with van der Waals surface area (Å²) in [6.45, 7) is 0. The lowest BCUT2D eigenvalue weighted by Crippen LogP contribution is -2.47. The number of thiocarbonyl (C=S) groups is 1. The van der Waals surface area contributed by atoms with E-state index >= 15 is 0 Å². The molecule has 1 aromatic rings. The zero-order chi connectivity index (χ0) is 15.9. The first-order chi connectivity index (χ1) is 11.1. The van der Waals surface area contributed by atoms with Crippen LogP contribution in [0, 0.1) is 23.2 Å². The molecule has 0 aliphatic heterocycles. The highest BCUT2D eigenvalue weighted by atomic mass is 32.1. The second-order valence-electron chi connectivity index (χ2n) is 7.99. The molecule has 0 aromatic heterocycles. The molecule has 0 unspecified atom stereocenters. The van der Waals surface area contributed by atoms with Crippen molar-refractivity contribution in [2.24, 2.45) is 34.0 Å². The zero-order valence-corrected chi connectivity index (χ0v) is 14.3. The topological polar surface area (TPSA) is 50.4 Å². The van der Waals surface area contributed by atoms with Crippen molar-refractivity contribution in [1.82, 2.24) is 5.43 Å². The van der Waals surface area contributed by atoms with Crippen molar-refractivity contribution in [2.45, 2.75) is 44.9 Å². The summed E-state index contributed by atoms with van der Waals surface area (Å²) in [5.74, 6) is 2.88. The Morgan fingerprint density at radius 2 is 1.65 bits per heavy atom. The monoisotopic (exact) mass is 327 g/mol. The van der Waals surface area contributed by atoms with Gasteiger partial charge in [-0.2, -0.15) is 5.10 Å². The highest BCUT2D eigenvalue weighted by Crippen LogP contribution is 2.61. The van der Waals surface area contributed by atoms with Gasteiger partial charge in [0.1, 0.15) is 0 Å². The molecule has 0 amide bonds. The molecule has 4 aliphatic rings. The van der Waals surface area contributed by atoms with Crippen molar-refractivity contribution >= 4 is 23.0 Å². The van der Waals surface area contributed by atoms with Crippen molar-refractivity contribution in [3.8, 4) is 0 Å². The number of nitrogens with two attached hydrogens (primary N) is 1. The largest absolute Gasteiger partial charge is 0.375 e. The van der Waals surface area contributed by atoms with Gasteiger partial charge in [0, 0.05) is 0 Å². The smallest absolute Gasteiger partial charge is 0.184 e. The second kappa shape index (κ2) is 5.90. The molecule has 1 aromatic carbocycles.